The molecule has 0 aromatic heterocycles. The molecule has 1 aliphatic rings. The molecule has 0 saturated heterocycles. The summed E-state index contributed by atoms with van der Waals surface area (Å²) in [5.41, 5.74) is -0.520. The monoisotopic (exact) mass is 285 g/mol. The van der Waals surface area contributed by atoms with E-state index in [1.807, 2.05) is 13.8 Å². The smallest absolute Gasteiger partial charge is 0.326 e. The number of esters is 1. The van der Waals surface area contributed by atoms with Crippen molar-refractivity contribution in [1.82, 2.24) is 5.32 Å². The second-order valence-corrected chi connectivity index (χ2v) is 6.10. The Morgan fingerprint density at radius 1 is 1.40 bits per heavy atom. The highest BCUT2D eigenvalue weighted by Gasteiger charge is 2.46. The zero-order valence-electron chi connectivity index (χ0n) is 13.5. The summed E-state index contributed by atoms with van der Waals surface area (Å²) in [5.74, 6) is 0.609. The largest absolute Gasteiger partial charge is 0.465 e. The predicted molar refractivity (Wildman–Crippen MR) is 80.7 cm³/mol. The third-order valence-corrected chi connectivity index (χ3v) is 3.93. The average molecular weight is 285 g/mol. The van der Waals surface area contributed by atoms with Crippen LogP contribution in [0.15, 0.2) is 0 Å². The van der Waals surface area contributed by atoms with Gasteiger partial charge in [0.1, 0.15) is 5.54 Å². The van der Waals surface area contributed by atoms with Crippen molar-refractivity contribution >= 4 is 5.97 Å². The molecule has 4 heteroatoms. The fourth-order valence-electron chi connectivity index (χ4n) is 2.91. The SMILES string of the molecule is CCNC1(C(=O)OCC)CCC(OCCCC(C)C)C1. The fraction of sp³-hybridized carbons (Fsp3) is 0.938. The van der Waals surface area contributed by atoms with Crippen molar-refractivity contribution in [2.75, 3.05) is 19.8 Å². The number of ether oxygens (including phenoxy) is 2. The summed E-state index contributed by atoms with van der Waals surface area (Å²) in [6.45, 7) is 10.3. The first-order chi connectivity index (χ1) is 9.54. The molecule has 20 heavy (non-hydrogen) atoms. The van der Waals surface area contributed by atoms with E-state index in [-0.39, 0.29) is 12.1 Å². The minimum Gasteiger partial charge on any atom is -0.465 e. The fourth-order valence-corrected chi connectivity index (χ4v) is 2.91. The van der Waals surface area contributed by atoms with E-state index in [1.165, 1.54) is 6.42 Å². The van der Waals surface area contributed by atoms with Crippen LogP contribution in [0.1, 0.15) is 59.8 Å². The number of rotatable bonds is 9. The molecule has 1 rings (SSSR count). The van der Waals surface area contributed by atoms with E-state index < -0.39 is 5.54 Å². The van der Waals surface area contributed by atoms with Crippen molar-refractivity contribution in [3.05, 3.63) is 0 Å². The quantitative estimate of drug-likeness (QED) is 0.523. The van der Waals surface area contributed by atoms with Crippen LogP contribution < -0.4 is 5.32 Å². The second kappa shape index (κ2) is 8.63. The molecule has 118 valence electrons. The molecule has 4 nitrogen and oxygen atoms in total. The van der Waals surface area contributed by atoms with Crippen LogP contribution in [0, 0.1) is 5.92 Å². The molecule has 2 unspecified atom stereocenters. The molecule has 0 aliphatic heterocycles. The maximum absolute atomic E-state index is 12.2. The van der Waals surface area contributed by atoms with Gasteiger partial charge in [0.05, 0.1) is 12.7 Å². The molecule has 1 N–H and O–H groups in total. The normalized spacial score (nSPS) is 26.1. The van der Waals surface area contributed by atoms with Crippen LogP contribution in [-0.2, 0) is 14.3 Å². The van der Waals surface area contributed by atoms with Crippen molar-refractivity contribution in [3.63, 3.8) is 0 Å². The van der Waals surface area contributed by atoms with E-state index >= 15 is 0 Å². The van der Waals surface area contributed by atoms with Crippen molar-refractivity contribution in [1.29, 1.82) is 0 Å². The van der Waals surface area contributed by atoms with Crippen LogP contribution in [0.2, 0.25) is 0 Å². The van der Waals surface area contributed by atoms with Gasteiger partial charge in [-0.25, -0.2) is 0 Å². The number of hydrogen-bond acceptors (Lipinski definition) is 4. The Balaban J connectivity index is 2.42. The minimum absolute atomic E-state index is 0.116. The average Bonchev–Trinajstić information content (AvgIpc) is 2.80. The van der Waals surface area contributed by atoms with Crippen molar-refractivity contribution in [3.8, 4) is 0 Å². The van der Waals surface area contributed by atoms with Gasteiger partial charge in [-0.3, -0.25) is 4.79 Å². The molecule has 0 bridgehead atoms. The van der Waals surface area contributed by atoms with Crippen LogP contribution in [0.3, 0.4) is 0 Å². The Labute approximate surface area is 123 Å². The first-order valence-electron chi connectivity index (χ1n) is 8.08. The Hall–Kier alpha value is -0.610. The number of likely N-dealkylation sites (N-methyl/N-ethyl adjacent to an activating group) is 1. The zero-order valence-corrected chi connectivity index (χ0v) is 13.5. The molecule has 1 fully saturated rings. The first kappa shape index (κ1) is 17.4. The third-order valence-electron chi connectivity index (χ3n) is 3.93. The lowest BCUT2D eigenvalue weighted by molar-refractivity contribution is -0.151. The van der Waals surface area contributed by atoms with Crippen LogP contribution in [0.5, 0.6) is 0 Å². The Kier molecular flexibility index (Phi) is 7.52. The Morgan fingerprint density at radius 3 is 2.75 bits per heavy atom. The number of nitrogens with one attached hydrogen (secondary N) is 1. The van der Waals surface area contributed by atoms with Crippen molar-refractivity contribution in [2.45, 2.75) is 71.4 Å². The summed E-state index contributed by atoms with van der Waals surface area (Å²) in [6.07, 6.45) is 4.97. The van der Waals surface area contributed by atoms with Gasteiger partial charge in [-0.2, -0.15) is 0 Å². The van der Waals surface area contributed by atoms with E-state index in [0.717, 1.165) is 44.8 Å². The Morgan fingerprint density at radius 2 is 2.15 bits per heavy atom. The van der Waals surface area contributed by atoms with Gasteiger partial charge in [-0.1, -0.05) is 20.8 Å². The summed E-state index contributed by atoms with van der Waals surface area (Å²) in [5, 5.41) is 3.33. The van der Waals surface area contributed by atoms with E-state index in [1.54, 1.807) is 0 Å². The molecule has 0 aromatic rings. The highest BCUT2D eigenvalue weighted by atomic mass is 16.5. The molecule has 0 spiro atoms. The van der Waals surface area contributed by atoms with Crippen molar-refractivity contribution in [2.24, 2.45) is 5.92 Å². The number of carbonyl (C=O) groups is 1. The molecular formula is C16H31NO3. The van der Waals surface area contributed by atoms with Crippen LogP contribution in [-0.4, -0.2) is 37.4 Å². The molecule has 1 saturated carbocycles. The summed E-state index contributed by atoms with van der Waals surface area (Å²) in [6, 6.07) is 0. The first-order valence-corrected chi connectivity index (χ1v) is 8.08. The van der Waals surface area contributed by atoms with Crippen LogP contribution >= 0.6 is 0 Å². The lowest BCUT2D eigenvalue weighted by atomic mass is 9.97. The lowest BCUT2D eigenvalue weighted by Crippen LogP contribution is -2.51. The van der Waals surface area contributed by atoms with Crippen molar-refractivity contribution < 1.29 is 14.3 Å². The summed E-state index contributed by atoms with van der Waals surface area (Å²) >= 11 is 0. The van der Waals surface area contributed by atoms with E-state index in [9.17, 15) is 4.79 Å². The summed E-state index contributed by atoms with van der Waals surface area (Å²) < 4.78 is 11.2. The van der Waals surface area contributed by atoms with E-state index in [2.05, 4.69) is 19.2 Å². The molecule has 0 radical (unpaired) electrons. The van der Waals surface area contributed by atoms with E-state index in [4.69, 9.17) is 9.47 Å². The topological polar surface area (TPSA) is 47.6 Å². The molecular weight excluding hydrogens is 254 g/mol. The molecule has 1 aliphatic carbocycles. The standard InChI is InChI=1S/C16H31NO3/c1-5-17-16(15(18)19-6-2)10-9-14(12-16)20-11-7-8-13(3)4/h13-14,17H,5-12H2,1-4H3. The van der Waals surface area contributed by atoms with Gasteiger partial charge in [-0.05, 0) is 45.1 Å². The van der Waals surface area contributed by atoms with Crippen LogP contribution in [0.4, 0.5) is 0 Å². The third kappa shape index (κ3) is 5.06. The van der Waals surface area contributed by atoms with Gasteiger partial charge in [-0.15, -0.1) is 0 Å². The molecule has 0 aromatic carbocycles. The number of carbonyl (C=O) groups excluding carboxylic acids is 1. The highest BCUT2D eigenvalue weighted by molar-refractivity contribution is 5.81. The van der Waals surface area contributed by atoms with Gasteiger partial charge < -0.3 is 14.8 Å². The van der Waals surface area contributed by atoms with Gasteiger partial charge >= 0.3 is 5.97 Å². The summed E-state index contributed by atoms with van der Waals surface area (Å²) in [7, 11) is 0. The van der Waals surface area contributed by atoms with Crippen LogP contribution in [0.25, 0.3) is 0 Å². The van der Waals surface area contributed by atoms with Gasteiger partial charge in [0.2, 0.25) is 0 Å². The maximum atomic E-state index is 12.2. The predicted octanol–water partition coefficient (Wildman–Crippen LogP) is 2.90. The second-order valence-electron chi connectivity index (χ2n) is 6.10. The molecule has 2 atom stereocenters. The van der Waals surface area contributed by atoms with Gasteiger partial charge in [0, 0.05) is 13.0 Å². The zero-order chi connectivity index (χ0) is 15.0. The highest BCUT2D eigenvalue weighted by Crippen LogP contribution is 2.33. The summed E-state index contributed by atoms with van der Waals surface area (Å²) in [4.78, 5) is 12.2. The number of hydrogen-bond donors (Lipinski definition) is 1. The minimum atomic E-state index is -0.520. The van der Waals surface area contributed by atoms with Gasteiger partial charge in [0.25, 0.3) is 0 Å². The molecule has 0 amide bonds. The lowest BCUT2D eigenvalue weighted by Gasteiger charge is -2.27. The van der Waals surface area contributed by atoms with Gasteiger partial charge in [0.15, 0.2) is 0 Å². The van der Waals surface area contributed by atoms with E-state index in [0.29, 0.717) is 6.61 Å². The maximum Gasteiger partial charge on any atom is 0.326 e. The molecule has 0 heterocycles. The Bertz CT molecular complexity index is 293.